The van der Waals surface area contributed by atoms with Crippen LogP contribution in [0.15, 0.2) is 71.9 Å². The molecule has 2 heterocycles. The molecule has 2 aromatic heterocycles. The van der Waals surface area contributed by atoms with Gasteiger partial charge in [0.2, 0.25) is 0 Å². The molecule has 0 atom stereocenters. The summed E-state index contributed by atoms with van der Waals surface area (Å²) in [6.45, 7) is 4.24. The van der Waals surface area contributed by atoms with E-state index in [1.165, 1.54) is 15.5 Å². The van der Waals surface area contributed by atoms with Gasteiger partial charge in [0.25, 0.3) is 10.0 Å². The Morgan fingerprint density at radius 3 is 2.47 bits per heavy atom. The minimum Gasteiger partial charge on any atom is -0.338 e. The van der Waals surface area contributed by atoms with Crippen LogP contribution in [0.3, 0.4) is 0 Å². The smallest absolute Gasteiger partial charge is 0.266 e. The predicted molar refractivity (Wildman–Crippen MR) is 123 cm³/mol. The van der Waals surface area contributed by atoms with E-state index in [0.29, 0.717) is 23.7 Å². The lowest BCUT2D eigenvalue weighted by Crippen LogP contribution is -2.31. The van der Waals surface area contributed by atoms with E-state index in [-0.39, 0.29) is 4.90 Å². The maximum absolute atomic E-state index is 13.5. The number of fused-ring (bicyclic) bond motifs is 1. The molecule has 8 heteroatoms. The third kappa shape index (κ3) is 3.76. The minimum atomic E-state index is -3.78. The predicted octanol–water partition coefficient (Wildman–Crippen LogP) is 5.21. The average Bonchev–Trinajstić information content (AvgIpc) is 3.20. The van der Waals surface area contributed by atoms with Crippen LogP contribution in [0.5, 0.6) is 0 Å². The van der Waals surface area contributed by atoms with Crippen molar-refractivity contribution >= 4 is 48.8 Å². The largest absolute Gasteiger partial charge is 0.338 e. The Morgan fingerprint density at radius 2 is 1.73 bits per heavy atom. The SMILES string of the molecule is CCc1cc2c(Nc3ccccc3S(=O)(=O)N(CC)c3ccccc3)ncnc2s1. The molecule has 0 aliphatic heterocycles. The van der Waals surface area contributed by atoms with Gasteiger partial charge in [-0.15, -0.1) is 11.3 Å². The topological polar surface area (TPSA) is 75.2 Å². The van der Waals surface area contributed by atoms with E-state index in [1.807, 2.05) is 31.2 Å². The van der Waals surface area contributed by atoms with Crippen molar-refractivity contribution in [2.45, 2.75) is 25.2 Å². The van der Waals surface area contributed by atoms with Crippen LogP contribution in [0.2, 0.25) is 0 Å². The molecule has 0 radical (unpaired) electrons. The summed E-state index contributed by atoms with van der Waals surface area (Å²) < 4.78 is 28.5. The zero-order valence-electron chi connectivity index (χ0n) is 16.7. The van der Waals surface area contributed by atoms with Crippen molar-refractivity contribution in [2.24, 2.45) is 0 Å². The fourth-order valence-electron chi connectivity index (χ4n) is 3.31. The van der Waals surface area contributed by atoms with Crippen LogP contribution in [0.4, 0.5) is 17.2 Å². The van der Waals surface area contributed by atoms with Crippen molar-refractivity contribution in [3.8, 4) is 0 Å². The molecule has 2 aromatic carbocycles. The summed E-state index contributed by atoms with van der Waals surface area (Å²) >= 11 is 1.62. The Bertz CT molecular complexity index is 1270. The monoisotopic (exact) mass is 438 g/mol. The summed E-state index contributed by atoms with van der Waals surface area (Å²) in [6.07, 6.45) is 2.41. The summed E-state index contributed by atoms with van der Waals surface area (Å²) in [7, 11) is -3.78. The molecule has 4 rings (SSSR count). The Balaban J connectivity index is 1.77. The standard InChI is InChI=1S/C22H22N4O2S2/c1-3-17-14-18-21(23-15-24-22(18)29-17)25-19-12-8-9-13-20(19)30(27,28)26(4-2)16-10-6-5-7-11-16/h5-15H,3-4H2,1-2H3,(H,23,24,25). The second-order valence-corrected chi connectivity index (χ2v) is 9.58. The van der Waals surface area contributed by atoms with Gasteiger partial charge in [-0.2, -0.15) is 0 Å². The number of rotatable bonds is 7. The first kappa shape index (κ1) is 20.3. The molecule has 0 amide bonds. The number of thiophene rings is 1. The van der Waals surface area contributed by atoms with Crippen molar-refractivity contribution in [3.63, 3.8) is 0 Å². The maximum Gasteiger partial charge on any atom is 0.266 e. The third-order valence-corrected chi connectivity index (χ3v) is 7.92. The Kier molecular flexibility index (Phi) is 5.69. The highest BCUT2D eigenvalue weighted by molar-refractivity contribution is 7.93. The van der Waals surface area contributed by atoms with Crippen molar-refractivity contribution in [1.29, 1.82) is 0 Å². The fourth-order valence-corrected chi connectivity index (χ4v) is 5.86. The number of aromatic nitrogens is 2. The van der Waals surface area contributed by atoms with Gasteiger partial charge in [0, 0.05) is 11.4 Å². The maximum atomic E-state index is 13.5. The van der Waals surface area contributed by atoms with E-state index >= 15 is 0 Å². The van der Waals surface area contributed by atoms with Gasteiger partial charge in [-0.3, -0.25) is 4.31 Å². The van der Waals surface area contributed by atoms with E-state index in [4.69, 9.17) is 0 Å². The quantitative estimate of drug-likeness (QED) is 0.429. The van der Waals surface area contributed by atoms with Crippen molar-refractivity contribution < 1.29 is 8.42 Å². The van der Waals surface area contributed by atoms with Crippen LogP contribution in [0, 0.1) is 0 Å². The highest BCUT2D eigenvalue weighted by atomic mass is 32.2. The summed E-state index contributed by atoms with van der Waals surface area (Å²) in [5.74, 6) is 0.598. The zero-order chi connectivity index (χ0) is 21.1. The van der Waals surface area contributed by atoms with Crippen LogP contribution in [0.1, 0.15) is 18.7 Å². The summed E-state index contributed by atoms with van der Waals surface area (Å²) in [6, 6.07) is 18.1. The summed E-state index contributed by atoms with van der Waals surface area (Å²) in [4.78, 5) is 11.0. The van der Waals surface area contributed by atoms with Crippen molar-refractivity contribution in [2.75, 3.05) is 16.2 Å². The van der Waals surface area contributed by atoms with Crippen molar-refractivity contribution in [1.82, 2.24) is 9.97 Å². The molecule has 154 valence electrons. The average molecular weight is 439 g/mol. The Hall–Kier alpha value is -2.97. The molecule has 6 nitrogen and oxygen atoms in total. The highest BCUT2D eigenvalue weighted by Gasteiger charge is 2.26. The number of para-hydroxylation sites is 2. The van der Waals surface area contributed by atoms with Gasteiger partial charge in [0.05, 0.1) is 16.8 Å². The van der Waals surface area contributed by atoms with Gasteiger partial charge >= 0.3 is 0 Å². The van der Waals surface area contributed by atoms with E-state index in [2.05, 4.69) is 28.3 Å². The van der Waals surface area contributed by atoms with E-state index in [9.17, 15) is 8.42 Å². The van der Waals surface area contributed by atoms with Crippen LogP contribution in [0.25, 0.3) is 10.2 Å². The lowest BCUT2D eigenvalue weighted by atomic mass is 10.3. The number of nitrogens with one attached hydrogen (secondary N) is 1. The number of sulfonamides is 1. The number of hydrogen-bond acceptors (Lipinski definition) is 6. The first-order valence-electron chi connectivity index (χ1n) is 9.71. The molecule has 0 saturated heterocycles. The number of benzene rings is 2. The van der Waals surface area contributed by atoms with Gasteiger partial charge in [-0.1, -0.05) is 37.3 Å². The number of aryl methyl sites for hydroxylation is 1. The fraction of sp³-hybridized carbons (Fsp3) is 0.182. The van der Waals surface area contributed by atoms with Gasteiger partial charge in [0.1, 0.15) is 21.9 Å². The molecule has 4 aromatic rings. The van der Waals surface area contributed by atoms with Gasteiger partial charge in [-0.25, -0.2) is 18.4 Å². The van der Waals surface area contributed by atoms with Gasteiger partial charge < -0.3 is 5.32 Å². The molecule has 0 aliphatic carbocycles. The molecule has 0 saturated carbocycles. The highest BCUT2D eigenvalue weighted by Crippen LogP contribution is 2.33. The van der Waals surface area contributed by atoms with Gasteiger partial charge in [0.15, 0.2) is 0 Å². The molecule has 0 fully saturated rings. The van der Waals surface area contributed by atoms with Crippen LogP contribution in [-0.2, 0) is 16.4 Å². The second kappa shape index (κ2) is 8.41. The number of anilines is 3. The first-order chi connectivity index (χ1) is 14.5. The molecule has 0 aliphatic rings. The normalized spacial score (nSPS) is 11.5. The third-order valence-electron chi connectivity index (χ3n) is 4.77. The molecule has 30 heavy (non-hydrogen) atoms. The summed E-state index contributed by atoms with van der Waals surface area (Å²) in [5, 5.41) is 4.13. The summed E-state index contributed by atoms with van der Waals surface area (Å²) in [5.41, 5.74) is 1.11. The first-order valence-corrected chi connectivity index (χ1v) is 12.0. The van der Waals surface area contributed by atoms with Crippen molar-refractivity contribution in [3.05, 3.63) is 71.9 Å². The molecular weight excluding hydrogens is 416 g/mol. The van der Waals surface area contributed by atoms with Crippen LogP contribution >= 0.6 is 11.3 Å². The zero-order valence-corrected chi connectivity index (χ0v) is 18.4. The lowest BCUT2D eigenvalue weighted by molar-refractivity contribution is 0.592. The van der Waals surface area contributed by atoms with E-state index < -0.39 is 10.0 Å². The number of hydrogen-bond donors (Lipinski definition) is 1. The van der Waals surface area contributed by atoms with E-state index in [1.54, 1.807) is 41.7 Å². The van der Waals surface area contributed by atoms with Crippen LogP contribution < -0.4 is 9.62 Å². The Morgan fingerprint density at radius 1 is 1.00 bits per heavy atom. The van der Waals surface area contributed by atoms with E-state index in [0.717, 1.165) is 16.6 Å². The molecule has 0 unspecified atom stereocenters. The van der Waals surface area contributed by atoms with Crippen LogP contribution in [-0.4, -0.2) is 24.9 Å². The van der Waals surface area contributed by atoms with Gasteiger partial charge in [-0.05, 0) is 43.7 Å². The minimum absolute atomic E-state index is 0.202. The molecule has 0 spiro atoms. The molecular formula is C22H22N4O2S2. The molecule has 1 N–H and O–H groups in total. The number of nitrogens with zero attached hydrogens (tertiary/aromatic N) is 3. The Labute approximate surface area is 180 Å². The lowest BCUT2D eigenvalue weighted by Gasteiger charge is -2.24. The molecule has 0 bridgehead atoms. The second-order valence-electron chi connectivity index (χ2n) is 6.63.